The van der Waals surface area contributed by atoms with E-state index < -0.39 is 30.4 Å². The van der Waals surface area contributed by atoms with Gasteiger partial charge in [-0.2, -0.15) is 0 Å². The molecule has 7 heteroatoms. The molecule has 0 aliphatic heterocycles. The van der Waals surface area contributed by atoms with Gasteiger partial charge >= 0.3 is 5.97 Å². The molecule has 6 nitrogen and oxygen atoms in total. The molecule has 1 N–H and O–H groups in total. The molecule has 3 aromatic carbocycles. The first-order valence-electron chi connectivity index (χ1n) is 9.22. The van der Waals surface area contributed by atoms with Crippen LogP contribution >= 0.6 is 0 Å². The number of halogens is 1. The van der Waals surface area contributed by atoms with Gasteiger partial charge in [0.15, 0.2) is 18.5 Å². The van der Waals surface area contributed by atoms with Gasteiger partial charge in [-0.1, -0.05) is 30.3 Å². The van der Waals surface area contributed by atoms with E-state index in [1.165, 1.54) is 31.2 Å². The maximum absolute atomic E-state index is 12.9. The monoisotopic (exact) mass is 409 g/mol. The Morgan fingerprint density at radius 2 is 1.57 bits per heavy atom. The van der Waals surface area contributed by atoms with E-state index in [1.54, 1.807) is 36.4 Å². The highest BCUT2D eigenvalue weighted by atomic mass is 19.1. The molecule has 3 rings (SSSR count). The van der Waals surface area contributed by atoms with Gasteiger partial charge in [0.25, 0.3) is 5.91 Å². The molecule has 1 amide bonds. The molecule has 0 aliphatic rings. The lowest BCUT2D eigenvalue weighted by atomic mass is 10.3. The molecule has 0 bridgehead atoms. The maximum Gasteiger partial charge on any atom is 0.347 e. The Labute approximate surface area is 173 Å². The third kappa shape index (κ3) is 6.07. The van der Waals surface area contributed by atoms with Crippen molar-refractivity contribution in [3.63, 3.8) is 0 Å². The molecule has 3 aromatic rings. The molecule has 1 atom stereocenters. The summed E-state index contributed by atoms with van der Waals surface area (Å²) < 4.78 is 29.1. The van der Waals surface area contributed by atoms with E-state index in [0.29, 0.717) is 22.9 Å². The summed E-state index contributed by atoms with van der Waals surface area (Å²) in [5, 5.41) is 2.66. The number of ether oxygens (including phenoxy) is 3. The van der Waals surface area contributed by atoms with Crippen LogP contribution in [0.3, 0.4) is 0 Å². The summed E-state index contributed by atoms with van der Waals surface area (Å²) in [4.78, 5) is 24.3. The van der Waals surface area contributed by atoms with Crippen LogP contribution < -0.4 is 14.8 Å². The van der Waals surface area contributed by atoms with Crippen molar-refractivity contribution in [1.29, 1.82) is 0 Å². The van der Waals surface area contributed by atoms with E-state index in [4.69, 9.17) is 14.2 Å². The second-order valence-corrected chi connectivity index (χ2v) is 6.28. The number of amides is 1. The zero-order valence-electron chi connectivity index (χ0n) is 16.2. The van der Waals surface area contributed by atoms with Crippen molar-refractivity contribution in [3.05, 3.63) is 84.7 Å². The molecule has 0 aliphatic carbocycles. The second-order valence-electron chi connectivity index (χ2n) is 6.28. The summed E-state index contributed by atoms with van der Waals surface area (Å²) >= 11 is 0. The van der Waals surface area contributed by atoms with Crippen LogP contribution in [0.5, 0.6) is 17.2 Å². The SMILES string of the molecule is C[C@H](Oc1ccc(F)cc1)C(=O)OCC(=O)Nc1ccccc1Oc1ccccc1. The summed E-state index contributed by atoms with van der Waals surface area (Å²) in [6.07, 6.45) is -0.961. The molecule has 0 saturated carbocycles. The third-order valence-corrected chi connectivity index (χ3v) is 3.94. The number of anilines is 1. The number of esters is 1. The van der Waals surface area contributed by atoms with Gasteiger partial charge in [-0.25, -0.2) is 9.18 Å². The molecular formula is C23H20FNO5. The summed E-state index contributed by atoms with van der Waals surface area (Å²) in [5.74, 6) is -0.262. The third-order valence-electron chi connectivity index (χ3n) is 3.94. The minimum absolute atomic E-state index is 0.317. The zero-order valence-corrected chi connectivity index (χ0v) is 16.2. The van der Waals surface area contributed by atoms with Crippen molar-refractivity contribution in [1.82, 2.24) is 0 Å². The number of benzene rings is 3. The fourth-order valence-corrected chi connectivity index (χ4v) is 2.48. The summed E-state index contributed by atoms with van der Waals surface area (Å²) in [7, 11) is 0. The van der Waals surface area contributed by atoms with Crippen LogP contribution in [0.15, 0.2) is 78.9 Å². The normalized spacial score (nSPS) is 11.3. The molecule has 0 aromatic heterocycles. The van der Waals surface area contributed by atoms with Crippen molar-refractivity contribution in [2.45, 2.75) is 13.0 Å². The second kappa shape index (κ2) is 10.1. The van der Waals surface area contributed by atoms with Crippen LogP contribution in [0.2, 0.25) is 0 Å². The fraction of sp³-hybridized carbons (Fsp3) is 0.130. The van der Waals surface area contributed by atoms with Gasteiger partial charge in [-0.05, 0) is 55.5 Å². The van der Waals surface area contributed by atoms with Crippen LogP contribution in [0.25, 0.3) is 0 Å². The standard InChI is InChI=1S/C23H20FNO5/c1-16(29-19-13-11-17(24)12-14-19)23(27)28-15-22(26)25-20-9-5-6-10-21(20)30-18-7-3-2-4-8-18/h2-14,16H,15H2,1H3,(H,25,26)/t16-/m0/s1. The molecule has 0 heterocycles. The van der Waals surface area contributed by atoms with Crippen molar-refractivity contribution in [2.24, 2.45) is 0 Å². The minimum Gasteiger partial charge on any atom is -0.479 e. The Kier molecular flexibility index (Phi) is 7.00. The van der Waals surface area contributed by atoms with Gasteiger partial charge in [-0.3, -0.25) is 4.79 Å². The molecule has 0 unspecified atom stereocenters. The largest absolute Gasteiger partial charge is 0.479 e. The average Bonchev–Trinajstić information content (AvgIpc) is 2.75. The van der Waals surface area contributed by atoms with E-state index in [1.807, 2.05) is 18.2 Å². The van der Waals surface area contributed by atoms with Gasteiger partial charge in [0.05, 0.1) is 5.69 Å². The van der Waals surface area contributed by atoms with Gasteiger partial charge < -0.3 is 19.5 Å². The number of hydrogen-bond donors (Lipinski definition) is 1. The highest BCUT2D eigenvalue weighted by Gasteiger charge is 2.18. The molecule has 30 heavy (non-hydrogen) atoms. The summed E-state index contributed by atoms with van der Waals surface area (Å²) in [5.41, 5.74) is 0.443. The Morgan fingerprint density at radius 1 is 0.900 bits per heavy atom. The topological polar surface area (TPSA) is 73.9 Å². The highest BCUT2D eigenvalue weighted by Crippen LogP contribution is 2.29. The summed E-state index contributed by atoms with van der Waals surface area (Å²) in [6, 6.07) is 21.3. The Balaban J connectivity index is 1.52. The number of carbonyl (C=O) groups is 2. The quantitative estimate of drug-likeness (QED) is 0.552. The highest BCUT2D eigenvalue weighted by molar-refractivity contribution is 5.94. The molecule has 0 spiro atoms. The Bertz CT molecular complexity index is 992. The lowest BCUT2D eigenvalue weighted by Gasteiger charge is -2.15. The molecular weight excluding hydrogens is 389 g/mol. The van der Waals surface area contributed by atoms with Gasteiger partial charge in [0, 0.05) is 0 Å². The van der Waals surface area contributed by atoms with Gasteiger partial charge in [-0.15, -0.1) is 0 Å². The molecule has 0 fully saturated rings. The van der Waals surface area contributed by atoms with E-state index in [9.17, 15) is 14.0 Å². The Morgan fingerprint density at radius 3 is 2.30 bits per heavy atom. The lowest BCUT2D eigenvalue weighted by Crippen LogP contribution is -2.29. The van der Waals surface area contributed by atoms with Gasteiger partial charge in [0.1, 0.15) is 17.3 Å². The van der Waals surface area contributed by atoms with Gasteiger partial charge in [0.2, 0.25) is 0 Å². The number of nitrogens with one attached hydrogen (secondary N) is 1. The van der Waals surface area contributed by atoms with Crippen molar-refractivity contribution in [3.8, 4) is 17.2 Å². The van der Waals surface area contributed by atoms with E-state index in [2.05, 4.69) is 5.32 Å². The molecule has 0 radical (unpaired) electrons. The number of carbonyl (C=O) groups excluding carboxylic acids is 2. The zero-order chi connectivity index (χ0) is 21.3. The van der Waals surface area contributed by atoms with E-state index in [0.717, 1.165) is 0 Å². The lowest BCUT2D eigenvalue weighted by molar-refractivity contribution is -0.153. The number of hydrogen-bond acceptors (Lipinski definition) is 5. The number of para-hydroxylation sites is 3. The first-order chi connectivity index (χ1) is 14.5. The first-order valence-corrected chi connectivity index (χ1v) is 9.22. The Hall–Kier alpha value is -3.87. The predicted octanol–water partition coefficient (Wildman–Crippen LogP) is 4.57. The van der Waals surface area contributed by atoms with Crippen molar-refractivity contribution >= 4 is 17.6 Å². The average molecular weight is 409 g/mol. The first kappa shape index (κ1) is 20.9. The van der Waals surface area contributed by atoms with E-state index >= 15 is 0 Å². The van der Waals surface area contributed by atoms with Crippen LogP contribution in [-0.4, -0.2) is 24.6 Å². The predicted molar refractivity (Wildman–Crippen MR) is 109 cm³/mol. The van der Waals surface area contributed by atoms with Crippen LogP contribution in [-0.2, 0) is 14.3 Å². The van der Waals surface area contributed by atoms with Crippen LogP contribution in [0.1, 0.15) is 6.92 Å². The summed E-state index contributed by atoms with van der Waals surface area (Å²) in [6.45, 7) is 0.988. The smallest absolute Gasteiger partial charge is 0.347 e. The van der Waals surface area contributed by atoms with Crippen LogP contribution in [0.4, 0.5) is 10.1 Å². The number of rotatable bonds is 8. The maximum atomic E-state index is 12.9. The molecule has 0 saturated heterocycles. The fourth-order valence-electron chi connectivity index (χ4n) is 2.48. The van der Waals surface area contributed by atoms with Crippen LogP contribution in [0, 0.1) is 5.82 Å². The minimum atomic E-state index is -0.961. The van der Waals surface area contributed by atoms with Crippen molar-refractivity contribution < 1.29 is 28.2 Å². The van der Waals surface area contributed by atoms with Crippen molar-refractivity contribution in [2.75, 3.05) is 11.9 Å². The van der Waals surface area contributed by atoms with E-state index in [-0.39, 0.29) is 0 Å². The molecule has 154 valence electrons.